The van der Waals surface area contributed by atoms with E-state index in [1.807, 2.05) is 28.8 Å². The summed E-state index contributed by atoms with van der Waals surface area (Å²) in [6.45, 7) is 0.549. The number of hydrogen-bond donors (Lipinski definition) is 0. The highest BCUT2D eigenvalue weighted by Gasteiger charge is 2.32. The molecule has 33 heavy (non-hydrogen) atoms. The van der Waals surface area contributed by atoms with Crippen LogP contribution in [0.25, 0.3) is 11.0 Å². The summed E-state index contributed by atoms with van der Waals surface area (Å²) >= 11 is 3.31. The van der Waals surface area contributed by atoms with E-state index in [1.54, 1.807) is 19.2 Å². The van der Waals surface area contributed by atoms with Crippen molar-refractivity contribution in [1.82, 2.24) is 14.1 Å². The minimum Gasteiger partial charge on any atom is -0.383 e. The van der Waals surface area contributed by atoms with E-state index in [4.69, 9.17) is 4.74 Å². The van der Waals surface area contributed by atoms with Gasteiger partial charge in [0, 0.05) is 23.2 Å². The number of rotatable bonds is 6. The van der Waals surface area contributed by atoms with Gasteiger partial charge in [-0.1, -0.05) is 28.1 Å². The van der Waals surface area contributed by atoms with E-state index >= 15 is 0 Å². The van der Waals surface area contributed by atoms with Gasteiger partial charge in [0.2, 0.25) is 0 Å². The van der Waals surface area contributed by atoms with Crippen molar-refractivity contribution in [3.05, 3.63) is 63.0 Å². The second kappa shape index (κ2) is 8.54. The average molecular weight is 532 g/mol. The van der Waals surface area contributed by atoms with Gasteiger partial charge >= 0.3 is 5.69 Å². The lowest BCUT2D eigenvalue weighted by Crippen LogP contribution is -2.32. The second-order valence-corrected chi connectivity index (χ2v) is 10.5. The number of ether oxygens (including phenoxy) is 1. The van der Waals surface area contributed by atoms with Crippen LogP contribution in [-0.4, -0.2) is 55.0 Å². The largest absolute Gasteiger partial charge is 0.383 e. The summed E-state index contributed by atoms with van der Waals surface area (Å²) in [4.78, 5) is 13.4. The van der Waals surface area contributed by atoms with Crippen LogP contribution in [0.2, 0.25) is 0 Å². The van der Waals surface area contributed by atoms with Gasteiger partial charge in [-0.2, -0.15) is 13.5 Å². The zero-order valence-electron chi connectivity index (χ0n) is 17.9. The van der Waals surface area contributed by atoms with Gasteiger partial charge in [0.1, 0.15) is 11.2 Å². The molecule has 0 atom stereocenters. The fourth-order valence-electron chi connectivity index (χ4n) is 4.11. The number of aromatic nitrogens is 2. The van der Waals surface area contributed by atoms with Gasteiger partial charge in [0.15, 0.2) is 5.84 Å². The van der Waals surface area contributed by atoms with Gasteiger partial charge in [-0.25, -0.2) is 14.4 Å². The number of benzene rings is 2. The number of para-hydroxylation sites is 2. The van der Waals surface area contributed by atoms with Gasteiger partial charge in [-0.15, -0.1) is 4.40 Å². The van der Waals surface area contributed by atoms with Crippen LogP contribution in [0.3, 0.4) is 0 Å². The fourth-order valence-corrected chi connectivity index (χ4v) is 5.85. The van der Waals surface area contributed by atoms with Crippen LogP contribution in [0.1, 0.15) is 30.9 Å². The molecule has 1 aliphatic carbocycles. The normalized spacial score (nSPS) is 17.3. The zero-order chi connectivity index (χ0) is 23.2. The smallest absolute Gasteiger partial charge is 0.334 e. The Kier molecular flexibility index (Phi) is 5.71. The van der Waals surface area contributed by atoms with E-state index in [0.29, 0.717) is 16.6 Å². The van der Waals surface area contributed by atoms with Crippen molar-refractivity contribution in [3.8, 4) is 0 Å². The summed E-state index contributed by atoms with van der Waals surface area (Å²) < 4.78 is 38.4. The molecule has 0 spiro atoms. The monoisotopic (exact) mass is 531 g/mol. The first-order valence-electron chi connectivity index (χ1n) is 10.6. The lowest BCUT2D eigenvalue weighted by molar-refractivity contribution is 0.177. The van der Waals surface area contributed by atoms with Crippen molar-refractivity contribution < 1.29 is 13.2 Å². The molecule has 0 saturated heterocycles. The number of fused-ring (bicyclic) bond motifs is 2. The minimum absolute atomic E-state index is 0.114. The Bertz CT molecular complexity index is 1450. The molecule has 172 valence electrons. The van der Waals surface area contributed by atoms with Crippen molar-refractivity contribution in [2.75, 3.05) is 20.3 Å². The molecule has 1 aliphatic heterocycles. The Hall–Kier alpha value is -2.76. The number of imidazole rings is 1. The number of hydrogen-bond acceptors (Lipinski definition) is 6. The minimum atomic E-state index is -3.85. The van der Waals surface area contributed by atoms with E-state index in [9.17, 15) is 13.2 Å². The first-order valence-corrected chi connectivity index (χ1v) is 12.8. The van der Waals surface area contributed by atoms with E-state index in [0.717, 1.165) is 30.3 Å². The highest BCUT2D eigenvalue weighted by atomic mass is 79.9. The molecule has 1 fully saturated rings. The van der Waals surface area contributed by atoms with Gasteiger partial charge < -0.3 is 4.74 Å². The molecule has 0 unspecified atom stereocenters. The maximum absolute atomic E-state index is 13.3. The van der Waals surface area contributed by atoms with E-state index in [-0.39, 0.29) is 29.0 Å². The number of methoxy groups -OCH3 is 1. The topological polar surface area (TPSA) is 98.3 Å². The Balaban J connectivity index is 1.58. The third-order valence-corrected chi connectivity index (χ3v) is 7.78. The molecule has 2 aliphatic rings. The highest BCUT2D eigenvalue weighted by molar-refractivity contribution is 9.10. The standard InChI is InChI=1S/C22H22BrN5O4S/c1-32-12-11-27(21-17-10-9-15(23)13-20(17)33(30,31)25-21)24-14-26-18-7-2-3-8-19(18)28(22(26)29)16-5-4-6-16/h2-3,7-10,13-14,16H,4-6,11-12H2,1H3/b24-14+. The number of amidine groups is 1. The summed E-state index contributed by atoms with van der Waals surface area (Å²) in [6.07, 6.45) is 4.50. The van der Waals surface area contributed by atoms with Crippen LogP contribution >= 0.6 is 15.9 Å². The summed E-state index contributed by atoms with van der Waals surface area (Å²) in [5, 5.41) is 5.96. The number of sulfonamides is 1. The van der Waals surface area contributed by atoms with Crippen molar-refractivity contribution in [1.29, 1.82) is 0 Å². The van der Waals surface area contributed by atoms with Crippen LogP contribution in [0.4, 0.5) is 0 Å². The summed E-state index contributed by atoms with van der Waals surface area (Å²) in [6, 6.07) is 12.8. The van der Waals surface area contributed by atoms with Gasteiger partial charge in [0.25, 0.3) is 10.0 Å². The molecule has 9 nitrogen and oxygen atoms in total. The third-order valence-electron chi connectivity index (χ3n) is 5.98. The van der Waals surface area contributed by atoms with Gasteiger partial charge in [0.05, 0.1) is 24.2 Å². The van der Waals surface area contributed by atoms with Crippen molar-refractivity contribution >= 4 is 49.2 Å². The van der Waals surface area contributed by atoms with Crippen LogP contribution in [0, 0.1) is 0 Å². The molecule has 2 aromatic carbocycles. The molecule has 2 heterocycles. The Morgan fingerprint density at radius 3 is 2.70 bits per heavy atom. The predicted molar refractivity (Wildman–Crippen MR) is 129 cm³/mol. The Morgan fingerprint density at radius 1 is 1.24 bits per heavy atom. The summed E-state index contributed by atoms with van der Waals surface area (Å²) in [5.74, 6) is 0.196. The van der Waals surface area contributed by atoms with E-state index in [2.05, 4.69) is 25.4 Å². The van der Waals surface area contributed by atoms with Crippen molar-refractivity contribution in [3.63, 3.8) is 0 Å². The summed E-state index contributed by atoms with van der Waals surface area (Å²) in [5.41, 5.74) is 1.89. The molecule has 5 rings (SSSR count). The average Bonchev–Trinajstić information content (AvgIpc) is 3.18. The number of nitrogens with zero attached hydrogens (tertiary/aromatic N) is 5. The SMILES string of the molecule is COCCN(/N=C/n1c(=O)n(C2CCC2)c2ccccc21)C1=NS(=O)(=O)c2cc(Br)ccc21. The van der Waals surface area contributed by atoms with Crippen LogP contribution in [0.15, 0.2) is 66.1 Å². The zero-order valence-corrected chi connectivity index (χ0v) is 20.3. The molecule has 3 aromatic rings. The third kappa shape index (κ3) is 3.83. The van der Waals surface area contributed by atoms with Crippen LogP contribution in [0.5, 0.6) is 0 Å². The molecule has 1 saturated carbocycles. The van der Waals surface area contributed by atoms with Crippen LogP contribution in [-0.2, 0) is 14.8 Å². The fraction of sp³-hybridized carbons (Fsp3) is 0.318. The molecule has 0 N–H and O–H groups in total. The number of hydrazone groups is 1. The summed E-state index contributed by atoms with van der Waals surface area (Å²) in [7, 11) is -2.29. The first-order chi connectivity index (χ1) is 15.9. The molecule has 11 heteroatoms. The predicted octanol–water partition coefficient (Wildman–Crippen LogP) is 3.18. The van der Waals surface area contributed by atoms with Gasteiger partial charge in [-0.3, -0.25) is 4.57 Å². The lowest BCUT2D eigenvalue weighted by atomic mass is 9.93. The molecular weight excluding hydrogens is 510 g/mol. The quantitative estimate of drug-likeness (QED) is 0.276. The maximum atomic E-state index is 13.3. The maximum Gasteiger partial charge on any atom is 0.334 e. The highest BCUT2D eigenvalue weighted by Crippen LogP contribution is 2.33. The molecular formula is C22H22BrN5O4S. The Morgan fingerprint density at radius 2 is 2.00 bits per heavy atom. The molecule has 0 amide bonds. The molecule has 0 bridgehead atoms. The second-order valence-electron chi connectivity index (χ2n) is 7.97. The Labute approximate surface area is 199 Å². The number of halogens is 1. The van der Waals surface area contributed by atoms with E-state index in [1.165, 1.54) is 22.0 Å². The molecule has 0 radical (unpaired) electrons. The van der Waals surface area contributed by atoms with Gasteiger partial charge in [-0.05, 0) is 49.6 Å². The van der Waals surface area contributed by atoms with Crippen molar-refractivity contribution in [2.24, 2.45) is 9.50 Å². The van der Waals surface area contributed by atoms with E-state index < -0.39 is 10.0 Å². The van der Waals surface area contributed by atoms with Crippen molar-refractivity contribution in [2.45, 2.75) is 30.2 Å². The van der Waals surface area contributed by atoms with Crippen LogP contribution < -0.4 is 5.69 Å². The first kappa shape index (κ1) is 22.1. The lowest BCUT2D eigenvalue weighted by Gasteiger charge is -2.26. The molecule has 1 aromatic heterocycles.